The fourth-order valence-corrected chi connectivity index (χ4v) is 1.80. The second kappa shape index (κ2) is 3.87. The zero-order valence-electron chi connectivity index (χ0n) is 8.72. The van der Waals surface area contributed by atoms with Gasteiger partial charge in [0.15, 0.2) is 0 Å². The van der Waals surface area contributed by atoms with Gasteiger partial charge in [-0.25, -0.2) is 0 Å². The molecule has 2 aromatic carbocycles. The molecule has 2 aromatic rings. The van der Waals surface area contributed by atoms with Crippen LogP contribution in [0.3, 0.4) is 0 Å². The molecule has 0 fully saturated rings. The Morgan fingerprint density at radius 1 is 1.12 bits per heavy atom. The molecule has 82 valence electrons. The third-order valence-corrected chi connectivity index (χ3v) is 2.64. The molecule has 2 rings (SSSR count). The predicted molar refractivity (Wildman–Crippen MR) is 64.4 cm³/mol. The van der Waals surface area contributed by atoms with E-state index in [0.29, 0.717) is 10.8 Å². The Balaban J connectivity index is 2.86. The Kier molecular flexibility index (Phi) is 2.54. The minimum absolute atomic E-state index is 0.112. The van der Waals surface area contributed by atoms with Crippen LogP contribution in [0, 0.1) is 0 Å². The number of aromatic hydroxyl groups is 2. The topological polar surface area (TPSA) is 66.5 Å². The van der Waals surface area contributed by atoms with Crippen LogP contribution in [0.25, 0.3) is 10.8 Å². The van der Waals surface area contributed by atoms with Crippen LogP contribution in [-0.4, -0.2) is 10.2 Å². The molecular weight excluding hydrogens is 202 g/mol. The van der Waals surface area contributed by atoms with Gasteiger partial charge in [0.05, 0.1) is 0 Å². The molecule has 4 N–H and O–H groups in total. The van der Waals surface area contributed by atoms with Gasteiger partial charge in [-0.05, 0) is 17.7 Å². The molecule has 0 amide bonds. The lowest BCUT2D eigenvalue weighted by Gasteiger charge is -2.12. The molecular formula is C13H13NO2. The van der Waals surface area contributed by atoms with Crippen LogP contribution >= 0.6 is 0 Å². The summed E-state index contributed by atoms with van der Waals surface area (Å²) in [6.45, 7) is 3.63. The molecule has 0 bridgehead atoms. The first kappa shape index (κ1) is 10.5. The van der Waals surface area contributed by atoms with Gasteiger partial charge in [-0.1, -0.05) is 24.3 Å². The van der Waals surface area contributed by atoms with Crippen LogP contribution in [0.2, 0.25) is 0 Å². The average molecular weight is 215 g/mol. The lowest BCUT2D eigenvalue weighted by atomic mass is 9.98. The Morgan fingerprint density at radius 3 is 2.56 bits per heavy atom. The molecule has 1 atom stereocenters. The third kappa shape index (κ3) is 1.51. The van der Waals surface area contributed by atoms with E-state index in [9.17, 15) is 10.2 Å². The maximum Gasteiger partial charge on any atom is 0.123 e. The molecule has 1 unspecified atom stereocenters. The zero-order chi connectivity index (χ0) is 11.7. The lowest BCUT2D eigenvalue weighted by Crippen LogP contribution is -2.06. The van der Waals surface area contributed by atoms with Crippen LogP contribution < -0.4 is 5.73 Å². The fraction of sp³-hybridized carbons (Fsp3) is 0.0769. The molecule has 0 spiro atoms. The van der Waals surface area contributed by atoms with Crippen molar-refractivity contribution in [1.29, 1.82) is 0 Å². The summed E-state index contributed by atoms with van der Waals surface area (Å²) < 4.78 is 0. The monoisotopic (exact) mass is 215 g/mol. The second-order valence-electron chi connectivity index (χ2n) is 3.64. The minimum Gasteiger partial charge on any atom is -0.507 e. The number of phenolic OH excluding ortho intramolecular Hbond substituents is 2. The molecule has 0 radical (unpaired) electrons. The lowest BCUT2D eigenvalue weighted by molar-refractivity contribution is 0.475. The first-order valence-corrected chi connectivity index (χ1v) is 4.97. The molecule has 0 saturated heterocycles. The van der Waals surface area contributed by atoms with Gasteiger partial charge in [0.2, 0.25) is 0 Å². The molecule has 0 saturated carbocycles. The van der Waals surface area contributed by atoms with Gasteiger partial charge in [0, 0.05) is 16.8 Å². The number of rotatable bonds is 2. The molecule has 0 heterocycles. The maximum atomic E-state index is 9.82. The highest BCUT2D eigenvalue weighted by Crippen LogP contribution is 2.35. The van der Waals surface area contributed by atoms with Gasteiger partial charge in [-0.3, -0.25) is 0 Å². The highest BCUT2D eigenvalue weighted by atomic mass is 16.3. The van der Waals surface area contributed by atoms with Crippen LogP contribution in [0.15, 0.2) is 43.0 Å². The van der Waals surface area contributed by atoms with Crippen molar-refractivity contribution in [3.8, 4) is 11.5 Å². The van der Waals surface area contributed by atoms with E-state index in [1.807, 2.05) is 0 Å². The highest BCUT2D eigenvalue weighted by molar-refractivity contribution is 5.95. The summed E-state index contributed by atoms with van der Waals surface area (Å²) in [5.74, 6) is 0.242. The number of phenols is 2. The number of hydrogen-bond acceptors (Lipinski definition) is 3. The van der Waals surface area contributed by atoms with E-state index in [0.717, 1.165) is 5.56 Å². The summed E-state index contributed by atoms with van der Waals surface area (Å²) in [7, 11) is 0. The Hall–Kier alpha value is -2.00. The van der Waals surface area contributed by atoms with Gasteiger partial charge in [0.1, 0.15) is 11.5 Å². The molecule has 0 aromatic heterocycles. The van der Waals surface area contributed by atoms with Crippen LogP contribution in [0.1, 0.15) is 11.6 Å². The van der Waals surface area contributed by atoms with Crippen molar-refractivity contribution in [2.75, 3.05) is 0 Å². The van der Waals surface area contributed by atoms with E-state index in [1.165, 1.54) is 0 Å². The van der Waals surface area contributed by atoms with E-state index in [2.05, 4.69) is 6.58 Å². The largest absolute Gasteiger partial charge is 0.507 e. The van der Waals surface area contributed by atoms with Crippen molar-refractivity contribution in [3.05, 3.63) is 48.6 Å². The zero-order valence-corrected chi connectivity index (χ0v) is 8.72. The average Bonchev–Trinajstić information content (AvgIpc) is 2.30. The normalized spacial score (nSPS) is 12.6. The number of benzene rings is 2. The number of fused-ring (bicyclic) bond motifs is 1. The summed E-state index contributed by atoms with van der Waals surface area (Å²) in [5.41, 5.74) is 6.62. The summed E-state index contributed by atoms with van der Waals surface area (Å²) >= 11 is 0. The van der Waals surface area contributed by atoms with Crippen molar-refractivity contribution in [2.45, 2.75) is 6.04 Å². The van der Waals surface area contributed by atoms with Gasteiger partial charge in [-0.2, -0.15) is 0 Å². The predicted octanol–water partition coefficient (Wildman–Crippen LogP) is 2.44. The summed E-state index contributed by atoms with van der Waals surface area (Å²) in [5, 5.41) is 20.7. The molecule has 0 aliphatic heterocycles. The highest BCUT2D eigenvalue weighted by Gasteiger charge is 2.12. The quantitative estimate of drug-likeness (QED) is 0.674. The Morgan fingerprint density at radius 2 is 1.88 bits per heavy atom. The molecule has 0 aliphatic rings. The summed E-state index contributed by atoms with van der Waals surface area (Å²) in [6, 6.07) is 7.90. The molecule has 3 nitrogen and oxygen atoms in total. The van der Waals surface area contributed by atoms with Gasteiger partial charge in [0.25, 0.3) is 0 Å². The van der Waals surface area contributed by atoms with E-state index in [4.69, 9.17) is 5.73 Å². The number of nitrogens with two attached hydrogens (primary N) is 1. The van der Waals surface area contributed by atoms with Crippen molar-refractivity contribution in [2.24, 2.45) is 5.73 Å². The molecule has 16 heavy (non-hydrogen) atoms. The standard InChI is InChI=1S/C13H13NO2/c1-2-10(14)8-6-7-11(15)9-4-3-5-12(16)13(8)9/h2-7,10,15-16H,1,14H2. The van der Waals surface area contributed by atoms with E-state index >= 15 is 0 Å². The van der Waals surface area contributed by atoms with Crippen molar-refractivity contribution in [3.63, 3.8) is 0 Å². The van der Waals surface area contributed by atoms with Crippen molar-refractivity contribution < 1.29 is 10.2 Å². The molecule has 3 heteroatoms. The summed E-state index contributed by atoms with van der Waals surface area (Å²) in [4.78, 5) is 0. The van der Waals surface area contributed by atoms with E-state index < -0.39 is 0 Å². The Bertz CT molecular complexity index is 549. The SMILES string of the molecule is C=CC(N)c1ccc(O)c2cccc(O)c12. The van der Waals surface area contributed by atoms with Gasteiger partial charge < -0.3 is 15.9 Å². The third-order valence-electron chi connectivity index (χ3n) is 2.64. The maximum absolute atomic E-state index is 9.82. The van der Waals surface area contributed by atoms with Gasteiger partial charge >= 0.3 is 0 Å². The van der Waals surface area contributed by atoms with Crippen molar-refractivity contribution in [1.82, 2.24) is 0 Å². The fourth-order valence-electron chi connectivity index (χ4n) is 1.80. The smallest absolute Gasteiger partial charge is 0.123 e. The summed E-state index contributed by atoms with van der Waals surface area (Å²) in [6.07, 6.45) is 1.60. The van der Waals surface area contributed by atoms with Crippen LogP contribution in [0.5, 0.6) is 11.5 Å². The van der Waals surface area contributed by atoms with Crippen LogP contribution in [0.4, 0.5) is 0 Å². The van der Waals surface area contributed by atoms with E-state index in [-0.39, 0.29) is 17.5 Å². The first-order valence-electron chi connectivity index (χ1n) is 4.97. The van der Waals surface area contributed by atoms with Crippen LogP contribution in [-0.2, 0) is 0 Å². The second-order valence-corrected chi connectivity index (χ2v) is 3.64. The van der Waals surface area contributed by atoms with Gasteiger partial charge in [-0.15, -0.1) is 6.58 Å². The van der Waals surface area contributed by atoms with E-state index in [1.54, 1.807) is 36.4 Å². The minimum atomic E-state index is -0.364. The Labute approximate surface area is 93.4 Å². The first-order chi connectivity index (χ1) is 7.65. The number of hydrogen-bond donors (Lipinski definition) is 3. The van der Waals surface area contributed by atoms with Crippen molar-refractivity contribution >= 4 is 10.8 Å². The molecule has 0 aliphatic carbocycles.